The highest BCUT2D eigenvalue weighted by Gasteiger charge is 2.25. The monoisotopic (exact) mass is 357 g/mol. The number of amides is 1. The lowest BCUT2D eigenvalue weighted by atomic mass is 10.1. The molecule has 26 heavy (non-hydrogen) atoms. The first-order valence-corrected chi connectivity index (χ1v) is 8.83. The minimum Gasteiger partial charge on any atom is -0.508 e. The van der Waals surface area contributed by atoms with Crippen LogP contribution in [0.3, 0.4) is 0 Å². The Balaban J connectivity index is 1.48. The van der Waals surface area contributed by atoms with Gasteiger partial charge in [-0.15, -0.1) is 0 Å². The van der Waals surface area contributed by atoms with Gasteiger partial charge in [-0.05, 0) is 48.9 Å². The number of piperazine rings is 1. The fourth-order valence-corrected chi connectivity index (χ4v) is 3.14. The van der Waals surface area contributed by atoms with Gasteiger partial charge in [-0.3, -0.25) is 9.69 Å². The zero-order valence-corrected chi connectivity index (χ0v) is 14.9. The van der Waals surface area contributed by atoms with Gasteiger partial charge >= 0.3 is 0 Å². The topological polar surface area (TPSA) is 55.8 Å². The number of phenols is 1. The average Bonchev–Trinajstić information content (AvgIpc) is 2.67. The number of phenolic OH excluding ortho intramolecular Hbond substituents is 1. The van der Waals surface area contributed by atoms with Crippen molar-refractivity contribution < 1.29 is 14.3 Å². The third kappa shape index (κ3) is 4.52. The Morgan fingerprint density at radius 2 is 1.69 bits per heavy atom. The highest BCUT2D eigenvalue weighted by atomic mass is 19.1. The third-order valence-corrected chi connectivity index (χ3v) is 4.84. The number of nitrogens with one attached hydrogen (secondary N) is 1. The fraction of sp³-hybridized carbons (Fsp3) is 0.350. The van der Waals surface area contributed by atoms with E-state index >= 15 is 0 Å². The molecule has 0 aromatic heterocycles. The number of hydrogen-bond donors (Lipinski definition) is 2. The lowest BCUT2D eigenvalue weighted by molar-refractivity contribution is -0.126. The van der Waals surface area contributed by atoms with Crippen molar-refractivity contribution in [3.05, 3.63) is 59.9 Å². The molecule has 2 aromatic carbocycles. The van der Waals surface area contributed by atoms with Crippen LogP contribution < -0.4 is 10.2 Å². The lowest BCUT2D eigenvalue weighted by Crippen LogP contribution is -2.53. The summed E-state index contributed by atoms with van der Waals surface area (Å²) in [6.45, 7) is 5.58. The average molecular weight is 357 g/mol. The van der Waals surface area contributed by atoms with Crippen LogP contribution in [-0.2, 0) is 11.3 Å². The van der Waals surface area contributed by atoms with E-state index in [0.29, 0.717) is 6.54 Å². The Kier molecular flexibility index (Phi) is 5.73. The normalized spacial score (nSPS) is 16.3. The smallest absolute Gasteiger partial charge is 0.237 e. The molecule has 0 unspecified atom stereocenters. The van der Waals surface area contributed by atoms with Crippen molar-refractivity contribution in [2.75, 3.05) is 31.1 Å². The van der Waals surface area contributed by atoms with Crippen LogP contribution in [0.2, 0.25) is 0 Å². The van der Waals surface area contributed by atoms with E-state index in [1.807, 2.05) is 19.1 Å². The van der Waals surface area contributed by atoms with Gasteiger partial charge in [0.25, 0.3) is 0 Å². The first-order chi connectivity index (χ1) is 12.5. The lowest BCUT2D eigenvalue weighted by Gasteiger charge is -2.38. The molecule has 0 radical (unpaired) electrons. The predicted molar refractivity (Wildman–Crippen MR) is 99.6 cm³/mol. The van der Waals surface area contributed by atoms with Crippen LogP contribution in [-0.4, -0.2) is 48.1 Å². The summed E-state index contributed by atoms with van der Waals surface area (Å²) in [4.78, 5) is 16.8. The number of carbonyl (C=O) groups is 1. The van der Waals surface area contributed by atoms with Gasteiger partial charge in [-0.25, -0.2) is 4.39 Å². The number of benzene rings is 2. The highest BCUT2D eigenvalue weighted by molar-refractivity contribution is 5.81. The molecule has 2 aromatic rings. The zero-order valence-electron chi connectivity index (χ0n) is 14.9. The number of halogens is 1. The van der Waals surface area contributed by atoms with Gasteiger partial charge in [-0.2, -0.15) is 0 Å². The molecular weight excluding hydrogens is 333 g/mol. The summed E-state index contributed by atoms with van der Waals surface area (Å²) in [7, 11) is 0. The van der Waals surface area contributed by atoms with Crippen molar-refractivity contribution in [2.24, 2.45) is 0 Å². The van der Waals surface area contributed by atoms with Gasteiger partial charge < -0.3 is 15.3 Å². The Bertz CT molecular complexity index is 726. The van der Waals surface area contributed by atoms with Gasteiger partial charge in [0.2, 0.25) is 5.91 Å². The van der Waals surface area contributed by atoms with Crippen LogP contribution in [0.5, 0.6) is 5.75 Å². The SMILES string of the molecule is C[C@@H](C(=O)NCc1ccc(F)cc1)N1CCN(c2ccc(O)cc2)CC1. The van der Waals surface area contributed by atoms with E-state index in [1.165, 1.54) is 12.1 Å². The molecular formula is C20H24FN3O2. The number of carbonyl (C=O) groups excluding carboxylic acids is 1. The standard InChI is InChI=1S/C20H24FN3O2/c1-15(20(26)22-14-16-2-4-17(21)5-3-16)23-10-12-24(13-11-23)18-6-8-19(25)9-7-18/h2-9,15,25H,10-14H2,1H3,(H,22,26)/t15-/m0/s1. The molecule has 1 atom stereocenters. The van der Waals surface area contributed by atoms with Crippen LogP contribution >= 0.6 is 0 Å². The minimum atomic E-state index is -0.278. The van der Waals surface area contributed by atoms with Gasteiger partial charge in [0.1, 0.15) is 11.6 Å². The molecule has 5 nitrogen and oxygen atoms in total. The second-order valence-corrected chi connectivity index (χ2v) is 6.56. The quantitative estimate of drug-likeness (QED) is 0.863. The van der Waals surface area contributed by atoms with Gasteiger partial charge in [0.15, 0.2) is 0 Å². The molecule has 0 aliphatic carbocycles. The van der Waals surface area contributed by atoms with E-state index in [-0.39, 0.29) is 23.5 Å². The van der Waals surface area contributed by atoms with Crippen LogP contribution in [0.25, 0.3) is 0 Å². The Labute approximate surface area is 153 Å². The van der Waals surface area contributed by atoms with Crippen molar-refractivity contribution in [3.8, 4) is 5.75 Å². The molecule has 1 amide bonds. The summed E-state index contributed by atoms with van der Waals surface area (Å²) in [5.41, 5.74) is 1.96. The van der Waals surface area contributed by atoms with E-state index < -0.39 is 0 Å². The number of rotatable bonds is 5. The second-order valence-electron chi connectivity index (χ2n) is 6.56. The molecule has 1 aliphatic heterocycles. The van der Waals surface area contributed by atoms with Crippen LogP contribution in [0.1, 0.15) is 12.5 Å². The summed E-state index contributed by atoms with van der Waals surface area (Å²) >= 11 is 0. The molecule has 3 rings (SSSR count). The Hall–Kier alpha value is -2.60. The molecule has 0 bridgehead atoms. The van der Waals surface area contributed by atoms with Crippen LogP contribution in [0, 0.1) is 5.82 Å². The number of anilines is 1. The Morgan fingerprint density at radius 1 is 1.08 bits per heavy atom. The largest absolute Gasteiger partial charge is 0.508 e. The molecule has 6 heteroatoms. The Morgan fingerprint density at radius 3 is 2.31 bits per heavy atom. The predicted octanol–water partition coefficient (Wildman–Crippen LogP) is 2.36. The summed E-state index contributed by atoms with van der Waals surface area (Å²) in [5.74, 6) is -0.0359. The molecule has 1 aliphatic rings. The van der Waals surface area contributed by atoms with E-state index in [2.05, 4.69) is 15.1 Å². The van der Waals surface area contributed by atoms with Gasteiger partial charge in [-0.1, -0.05) is 12.1 Å². The van der Waals surface area contributed by atoms with Crippen molar-refractivity contribution in [1.29, 1.82) is 0 Å². The molecule has 1 fully saturated rings. The summed E-state index contributed by atoms with van der Waals surface area (Å²) in [6, 6.07) is 13.1. The summed E-state index contributed by atoms with van der Waals surface area (Å²) in [5, 5.41) is 12.3. The van der Waals surface area contributed by atoms with Crippen molar-refractivity contribution in [2.45, 2.75) is 19.5 Å². The van der Waals surface area contributed by atoms with Crippen LogP contribution in [0.4, 0.5) is 10.1 Å². The van der Waals surface area contributed by atoms with Crippen LogP contribution in [0.15, 0.2) is 48.5 Å². The number of aromatic hydroxyl groups is 1. The third-order valence-electron chi connectivity index (χ3n) is 4.84. The molecule has 1 saturated heterocycles. The van der Waals surface area contributed by atoms with Gasteiger partial charge in [0.05, 0.1) is 6.04 Å². The number of hydrogen-bond acceptors (Lipinski definition) is 4. The molecule has 1 heterocycles. The van der Waals surface area contributed by atoms with E-state index in [9.17, 15) is 14.3 Å². The maximum absolute atomic E-state index is 12.9. The maximum atomic E-state index is 12.9. The fourth-order valence-electron chi connectivity index (χ4n) is 3.14. The summed E-state index contributed by atoms with van der Waals surface area (Å²) in [6.07, 6.45) is 0. The van der Waals surface area contributed by atoms with E-state index in [4.69, 9.17) is 0 Å². The van der Waals surface area contributed by atoms with Crippen molar-refractivity contribution in [3.63, 3.8) is 0 Å². The second kappa shape index (κ2) is 8.19. The van der Waals surface area contributed by atoms with E-state index in [1.54, 1.807) is 24.3 Å². The first kappa shape index (κ1) is 18.2. The maximum Gasteiger partial charge on any atom is 0.237 e. The van der Waals surface area contributed by atoms with E-state index in [0.717, 1.165) is 37.4 Å². The zero-order chi connectivity index (χ0) is 18.5. The minimum absolute atomic E-state index is 0.0209. The number of nitrogens with zero attached hydrogens (tertiary/aromatic N) is 2. The van der Waals surface area contributed by atoms with Crippen molar-refractivity contribution in [1.82, 2.24) is 10.2 Å². The molecule has 138 valence electrons. The highest BCUT2D eigenvalue weighted by Crippen LogP contribution is 2.20. The first-order valence-electron chi connectivity index (χ1n) is 8.83. The molecule has 2 N–H and O–H groups in total. The molecule has 0 saturated carbocycles. The summed E-state index contributed by atoms with van der Waals surface area (Å²) < 4.78 is 12.9. The molecule has 0 spiro atoms. The van der Waals surface area contributed by atoms with Gasteiger partial charge in [0, 0.05) is 38.4 Å². The van der Waals surface area contributed by atoms with Crippen molar-refractivity contribution >= 4 is 11.6 Å².